The molecular formula is C15H21N3S. The molecule has 0 bridgehead atoms. The maximum absolute atomic E-state index is 4.30. The van der Waals surface area contributed by atoms with Gasteiger partial charge in [-0.15, -0.1) is 11.8 Å². The van der Waals surface area contributed by atoms with E-state index in [4.69, 9.17) is 0 Å². The van der Waals surface area contributed by atoms with Crippen LogP contribution in [0, 0.1) is 0 Å². The topological polar surface area (TPSA) is 29.9 Å². The zero-order valence-corrected chi connectivity index (χ0v) is 12.6. The van der Waals surface area contributed by atoms with Crippen LogP contribution in [-0.2, 0) is 7.05 Å². The van der Waals surface area contributed by atoms with Gasteiger partial charge in [0.25, 0.3) is 0 Å². The van der Waals surface area contributed by atoms with Gasteiger partial charge in [-0.1, -0.05) is 25.1 Å². The minimum atomic E-state index is 0.205. The normalized spacial score (nSPS) is 12.6. The van der Waals surface area contributed by atoms with E-state index in [2.05, 4.69) is 53.9 Å². The Morgan fingerprint density at radius 1 is 1.32 bits per heavy atom. The largest absolute Gasteiger partial charge is 0.305 e. The molecule has 102 valence electrons. The van der Waals surface area contributed by atoms with E-state index < -0.39 is 0 Å². The summed E-state index contributed by atoms with van der Waals surface area (Å²) in [5.74, 6) is 0. The second-order valence-electron chi connectivity index (χ2n) is 4.51. The smallest absolute Gasteiger partial charge is 0.0759 e. The monoisotopic (exact) mass is 275 g/mol. The predicted octanol–water partition coefficient (Wildman–Crippen LogP) is 3.23. The molecule has 1 aromatic heterocycles. The Kier molecular flexibility index (Phi) is 5.05. The van der Waals surface area contributed by atoms with Crippen molar-refractivity contribution >= 4 is 11.8 Å². The number of rotatable bonds is 6. The number of hydrogen-bond acceptors (Lipinski definition) is 3. The summed E-state index contributed by atoms with van der Waals surface area (Å²) < 4.78 is 1.95. The van der Waals surface area contributed by atoms with E-state index in [-0.39, 0.29) is 6.04 Å². The van der Waals surface area contributed by atoms with Crippen molar-refractivity contribution in [2.24, 2.45) is 7.05 Å². The molecule has 2 aromatic rings. The first-order valence-corrected chi connectivity index (χ1v) is 7.84. The molecule has 2 rings (SSSR count). The van der Waals surface area contributed by atoms with Gasteiger partial charge in [-0.3, -0.25) is 4.68 Å². The fraction of sp³-hybridized carbons (Fsp3) is 0.400. The van der Waals surface area contributed by atoms with Crippen LogP contribution < -0.4 is 5.32 Å². The third kappa shape index (κ3) is 3.19. The van der Waals surface area contributed by atoms with Crippen LogP contribution in [0.5, 0.6) is 0 Å². The van der Waals surface area contributed by atoms with Crippen LogP contribution in [0.3, 0.4) is 0 Å². The lowest BCUT2D eigenvalue weighted by atomic mass is 10.0. The molecule has 0 saturated heterocycles. The molecule has 0 aliphatic rings. The van der Waals surface area contributed by atoms with Crippen LogP contribution in [0.25, 0.3) is 0 Å². The third-order valence-corrected chi connectivity index (χ3v) is 4.01. The van der Waals surface area contributed by atoms with Crippen molar-refractivity contribution in [3.63, 3.8) is 0 Å². The van der Waals surface area contributed by atoms with Crippen molar-refractivity contribution < 1.29 is 0 Å². The lowest BCUT2D eigenvalue weighted by Gasteiger charge is -2.21. The lowest BCUT2D eigenvalue weighted by Crippen LogP contribution is -2.25. The molecule has 0 fully saturated rings. The molecule has 4 heteroatoms. The predicted molar refractivity (Wildman–Crippen MR) is 81.6 cm³/mol. The zero-order chi connectivity index (χ0) is 13.7. The van der Waals surface area contributed by atoms with Crippen molar-refractivity contribution in [1.82, 2.24) is 15.1 Å². The molecule has 19 heavy (non-hydrogen) atoms. The SMILES string of the molecule is CCCNC(c1ccccc1SC)c1ccnn1C. The zero-order valence-electron chi connectivity index (χ0n) is 11.8. The number of aromatic nitrogens is 2. The highest BCUT2D eigenvalue weighted by atomic mass is 32.2. The van der Waals surface area contributed by atoms with Crippen molar-refractivity contribution in [3.05, 3.63) is 47.8 Å². The maximum Gasteiger partial charge on any atom is 0.0759 e. The Labute approximate surface area is 119 Å². The fourth-order valence-electron chi connectivity index (χ4n) is 2.23. The summed E-state index contributed by atoms with van der Waals surface area (Å²) in [6, 6.07) is 10.9. The Morgan fingerprint density at radius 3 is 2.74 bits per heavy atom. The molecule has 1 N–H and O–H groups in total. The molecule has 0 radical (unpaired) electrons. The first-order chi connectivity index (χ1) is 9.27. The summed E-state index contributed by atoms with van der Waals surface area (Å²) >= 11 is 1.79. The van der Waals surface area contributed by atoms with Crippen molar-refractivity contribution in [2.45, 2.75) is 24.3 Å². The quantitative estimate of drug-likeness (QED) is 0.821. The van der Waals surface area contributed by atoms with Crippen molar-refractivity contribution in [2.75, 3.05) is 12.8 Å². The Hall–Kier alpha value is -1.26. The maximum atomic E-state index is 4.30. The second-order valence-corrected chi connectivity index (χ2v) is 5.36. The van der Waals surface area contributed by atoms with E-state index in [0.717, 1.165) is 13.0 Å². The molecule has 1 heterocycles. The standard InChI is InChI=1S/C15H21N3S/c1-4-10-16-15(13-9-11-17-18(13)2)12-7-5-6-8-14(12)19-3/h5-9,11,15-16H,4,10H2,1-3H3. The van der Waals surface area contributed by atoms with Crippen LogP contribution >= 0.6 is 11.8 Å². The highest BCUT2D eigenvalue weighted by molar-refractivity contribution is 7.98. The minimum absolute atomic E-state index is 0.205. The van der Waals surface area contributed by atoms with Gasteiger partial charge >= 0.3 is 0 Å². The second kappa shape index (κ2) is 6.78. The van der Waals surface area contributed by atoms with Gasteiger partial charge in [-0.2, -0.15) is 5.10 Å². The van der Waals surface area contributed by atoms with Gasteiger partial charge in [0.05, 0.1) is 11.7 Å². The number of aryl methyl sites for hydroxylation is 1. The average molecular weight is 275 g/mol. The Bertz CT molecular complexity index is 522. The summed E-state index contributed by atoms with van der Waals surface area (Å²) in [5, 5.41) is 7.93. The highest BCUT2D eigenvalue weighted by Gasteiger charge is 2.18. The van der Waals surface area contributed by atoms with Crippen LogP contribution in [0.15, 0.2) is 41.4 Å². The van der Waals surface area contributed by atoms with Gasteiger partial charge in [0.15, 0.2) is 0 Å². The number of thioether (sulfide) groups is 1. The fourth-order valence-corrected chi connectivity index (χ4v) is 2.87. The van der Waals surface area contributed by atoms with Crippen LogP contribution in [0.2, 0.25) is 0 Å². The molecule has 3 nitrogen and oxygen atoms in total. The number of benzene rings is 1. The molecule has 0 saturated carbocycles. The summed E-state index contributed by atoms with van der Waals surface area (Å²) in [5.41, 5.74) is 2.53. The van der Waals surface area contributed by atoms with Gasteiger partial charge in [0.2, 0.25) is 0 Å². The van der Waals surface area contributed by atoms with Gasteiger partial charge in [-0.05, 0) is 36.9 Å². The van der Waals surface area contributed by atoms with Crippen LogP contribution in [0.4, 0.5) is 0 Å². The highest BCUT2D eigenvalue weighted by Crippen LogP contribution is 2.29. The van der Waals surface area contributed by atoms with E-state index in [0.29, 0.717) is 0 Å². The summed E-state index contributed by atoms with van der Waals surface area (Å²) in [7, 11) is 2.00. The van der Waals surface area contributed by atoms with E-state index in [1.54, 1.807) is 11.8 Å². The van der Waals surface area contributed by atoms with E-state index in [1.807, 2.05) is 17.9 Å². The lowest BCUT2D eigenvalue weighted by molar-refractivity contribution is 0.548. The van der Waals surface area contributed by atoms with Crippen LogP contribution in [-0.4, -0.2) is 22.6 Å². The minimum Gasteiger partial charge on any atom is -0.305 e. The summed E-state index contributed by atoms with van der Waals surface area (Å²) in [6.07, 6.45) is 5.10. The number of hydrogen-bond donors (Lipinski definition) is 1. The molecule has 1 aromatic carbocycles. The Morgan fingerprint density at radius 2 is 2.11 bits per heavy atom. The van der Waals surface area contributed by atoms with E-state index >= 15 is 0 Å². The molecule has 0 aliphatic heterocycles. The molecule has 0 amide bonds. The summed E-state index contributed by atoms with van der Waals surface area (Å²) in [4.78, 5) is 1.32. The van der Waals surface area contributed by atoms with E-state index in [9.17, 15) is 0 Å². The van der Waals surface area contributed by atoms with Gasteiger partial charge in [-0.25, -0.2) is 0 Å². The molecule has 1 atom stereocenters. The molecule has 1 unspecified atom stereocenters. The Balaban J connectivity index is 2.40. The number of nitrogens with zero attached hydrogens (tertiary/aromatic N) is 2. The average Bonchev–Trinajstić information content (AvgIpc) is 2.86. The van der Waals surface area contributed by atoms with Gasteiger partial charge in [0, 0.05) is 18.1 Å². The summed E-state index contributed by atoms with van der Waals surface area (Å²) in [6.45, 7) is 3.19. The third-order valence-electron chi connectivity index (χ3n) is 3.20. The van der Waals surface area contributed by atoms with Gasteiger partial charge < -0.3 is 5.32 Å². The first kappa shape index (κ1) is 14.2. The van der Waals surface area contributed by atoms with Crippen molar-refractivity contribution in [3.8, 4) is 0 Å². The molecule has 0 spiro atoms. The first-order valence-electron chi connectivity index (χ1n) is 6.62. The molecule has 0 aliphatic carbocycles. The van der Waals surface area contributed by atoms with Gasteiger partial charge in [0.1, 0.15) is 0 Å². The van der Waals surface area contributed by atoms with Crippen LogP contribution in [0.1, 0.15) is 30.6 Å². The number of nitrogens with one attached hydrogen (secondary N) is 1. The van der Waals surface area contributed by atoms with Crippen molar-refractivity contribution in [1.29, 1.82) is 0 Å². The molecular weight excluding hydrogens is 254 g/mol. The van der Waals surface area contributed by atoms with E-state index in [1.165, 1.54) is 16.2 Å².